The number of hydrogen-bond acceptors (Lipinski definition) is 2. The van der Waals surface area contributed by atoms with Crippen LogP contribution in [0.25, 0.3) is 0 Å². The first-order valence-electron chi connectivity index (χ1n) is 2.97. The van der Waals surface area contributed by atoms with Gasteiger partial charge in [0, 0.05) is 5.33 Å². The van der Waals surface area contributed by atoms with Crippen molar-refractivity contribution in [3.8, 4) is 0 Å². The topological polar surface area (TPSA) is 52.3 Å². The van der Waals surface area contributed by atoms with Crippen molar-refractivity contribution in [1.82, 2.24) is 0 Å². The fourth-order valence-corrected chi connectivity index (χ4v) is 0.953. The van der Waals surface area contributed by atoms with Crippen LogP contribution in [0, 0.1) is 0 Å². The third kappa shape index (κ3) is 5.84. The van der Waals surface area contributed by atoms with Crippen LogP contribution < -0.4 is 5.73 Å². The fourth-order valence-electron chi connectivity index (χ4n) is 0.443. The lowest BCUT2D eigenvalue weighted by Crippen LogP contribution is -2.14. The third-order valence-corrected chi connectivity index (χ3v) is 1.37. The van der Waals surface area contributed by atoms with Crippen molar-refractivity contribution in [3.63, 3.8) is 0 Å². The molecule has 0 rings (SSSR count). The lowest BCUT2D eigenvalue weighted by molar-refractivity contribution is 0.165. The number of amides is 1. The maximum atomic E-state index is 11.9. The van der Waals surface area contributed by atoms with Gasteiger partial charge in [0.05, 0.1) is 6.33 Å². The molecule has 0 saturated heterocycles. The summed E-state index contributed by atoms with van der Waals surface area (Å²) >= 11 is 3.12. The number of carbonyl (C=O) groups is 1. The minimum absolute atomic E-state index is 0.0720. The molecular weight excluding hydrogens is 217 g/mol. The van der Waals surface area contributed by atoms with Crippen LogP contribution in [0.1, 0.15) is 6.42 Å². The normalized spacial score (nSPS) is 11.3. The van der Waals surface area contributed by atoms with Gasteiger partial charge in [0.1, 0.15) is 6.61 Å². The molecule has 3 nitrogen and oxygen atoms in total. The van der Waals surface area contributed by atoms with Gasteiger partial charge in [0.25, 0.3) is 0 Å². The molecule has 2 N–H and O–H groups in total. The highest BCUT2D eigenvalue weighted by Crippen LogP contribution is 2.04. The van der Waals surface area contributed by atoms with Gasteiger partial charge in [0.15, 0.2) is 0 Å². The van der Waals surface area contributed by atoms with Crippen molar-refractivity contribution in [2.45, 2.75) is 6.42 Å². The van der Waals surface area contributed by atoms with Crippen LogP contribution in [0.2, 0.25) is 0 Å². The van der Waals surface area contributed by atoms with E-state index < -0.39 is 6.09 Å². The number of alkyl halides is 1. The Morgan fingerprint density at radius 1 is 1.73 bits per heavy atom. The van der Waals surface area contributed by atoms with E-state index in [0.717, 1.165) is 0 Å². The maximum absolute atomic E-state index is 11.9. The van der Waals surface area contributed by atoms with Crippen LogP contribution >= 0.6 is 15.9 Å². The molecule has 0 aliphatic heterocycles. The Bertz CT molecular complexity index is 161. The summed E-state index contributed by atoms with van der Waals surface area (Å²) in [6.07, 6.45) is 0.0347. The number of hydrogen-bond donors (Lipinski definition) is 1. The SMILES string of the molecule is NC(=O)OCC(=CF)CCBr. The molecule has 0 aliphatic carbocycles. The second-order valence-corrected chi connectivity index (χ2v) is 2.61. The second-order valence-electron chi connectivity index (χ2n) is 1.81. The van der Waals surface area contributed by atoms with Crippen LogP contribution in [-0.4, -0.2) is 18.0 Å². The Morgan fingerprint density at radius 3 is 2.73 bits per heavy atom. The van der Waals surface area contributed by atoms with E-state index in [2.05, 4.69) is 26.4 Å². The quantitative estimate of drug-likeness (QED) is 0.742. The van der Waals surface area contributed by atoms with Gasteiger partial charge >= 0.3 is 6.09 Å². The van der Waals surface area contributed by atoms with Gasteiger partial charge in [-0.1, -0.05) is 15.9 Å². The molecule has 0 saturated carbocycles. The van der Waals surface area contributed by atoms with E-state index in [9.17, 15) is 9.18 Å². The Labute approximate surface area is 72.5 Å². The second kappa shape index (κ2) is 6.15. The molecule has 5 heteroatoms. The lowest BCUT2D eigenvalue weighted by Gasteiger charge is -2.02. The summed E-state index contributed by atoms with van der Waals surface area (Å²) in [6, 6.07) is 0. The van der Waals surface area contributed by atoms with Crippen LogP contribution in [-0.2, 0) is 4.74 Å². The minimum atomic E-state index is -0.890. The van der Waals surface area contributed by atoms with Gasteiger partial charge < -0.3 is 10.5 Å². The Balaban J connectivity index is 3.62. The van der Waals surface area contributed by atoms with Gasteiger partial charge in [0.2, 0.25) is 0 Å². The van der Waals surface area contributed by atoms with Crippen LogP contribution in [0.3, 0.4) is 0 Å². The van der Waals surface area contributed by atoms with Crippen molar-refractivity contribution in [2.75, 3.05) is 11.9 Å². The summed E-state index contributed by atoms with van der Waals surface area (Å²) in [6.45, 7) is -0.0720. The highest BCUT2D eigenvalue weighted by atomic mass is 79.9. The number of halogens is 2. The number of primary amides is 1. The predicted octanol–water partition coefficient (Wildman–Crippen LogP) is 1.72. The molecule has 0 atom stereocenters. The van der Waals surface area contributed by atoms with E-state index >= 15 is 0 Å². The van der Waals surface area contributed by atoms with E-state index in [0.29, 0.717) is 23.7 Å². The van der Waals surface area contributed by atoms with Gasteiger partial charge in [-0.25, -0.2) is 9.18 Å². The molecule has 64 valence electrons. The third-order valence-electron chi connectivity index (χ3n) is 0.970. The summed E-state index contributed by atoms with van der Waals surface area (Å²) in [7, 11) is 0. The Kier molecular flexibility index (Phi) is 5.83. The number of ether oxygens (including phenoxy) is 1. The smallest absolute Gasteiger partial charge is 0.404 e. The average molecular weight is 226 g/mol. The van der Waals surface area contributed by atoms with Crippen molar-refractivity contribution in [1.29, 1.82) is 0 Å². The highest BCUT2D eigenvalue weighted by Gasteiger charge is 1.99. The summed E-state index contributed by atoms with van der Waals surface area (Å²) in [5.41, 5.74) is 5.07. The first-order valence-corrected chi connectivity index (χ1v) is 4.09. The van der Waals surface area contributed by atoms with Crippen molar-refractivity contribution < 1.29 is 13.9 Å². The van der Waals surface area contributed by atoms with Crippen LogP contribution in [0.15, 0.2) is 11.9 Å². The summed E-state index contributed by atoms with van der Waals surface area (Å²) in [5, 5.41) is 0.630. The molecule has 11 heavy (non-hydrogen) atoms. The Morgan fingerprint density at radius 2 is 2.36 bits per heavy atom. The highest BCUT2D eigenvalue weighted by molar-refractivity contribution is 9.09. The van der Waals surface area contributed by atoms with Crippen LogP contribution in [0.4, 0.5) is 9.18 Å². The monoisotopic (exact) mass is 225 g/mol. The van der Waals surface area contributed by atoms with Gasteiger partial charge in [-0.2, -0.15) is 0 Å². The molecule has 0 aromatic heterocycles. The van der Waals surface area contributed by atoms with Gasteiger partial charge in [-0.3, -0.25) is 0 Å². The Hall–Kier alpha value is -0.580. The fraction of sp³-hybridized carbons (Fsp3) is 0.500. The average Bonchev–Trinajstić information content (AvgIpc) is 1.97. The number of carbonyl (C=O) groups excluding carboxylic acids is 1. The molecule has 1 amide bonds. The molecule has 0 bridgehead atoms. The summed E-state index contributed by atoms with van der Waals surface area (Å²) in [4.78, 5) is 10.1. The van der Waals surface area contributed by atoms with E-state index in [1.54, 1.807) is 0 Å². The van der Waals surface area contributed by atoms with Crippen LogP contribution in [0.5, 0.6) is 0 Å². The minimum Gasteiger partial charge on any atom is -0.445 e. The van der Waals surface area contributed by atoms with E-state index in [1.807, 2.05) is 0 Å². The van der Waals surface area contributed by atoms with E-state index in [-0.39, 0.29) is 6.61 Å². The number of rotatable bonds is 4. The summed E-state index contributed by atoms with van der Waals surface area (Å²) < 4.78 is 16.2. The first kappa shape index (κ1) is 10.4. The van der Waals surface area contributed by atoms with Crippen molar-refractivity contribution in [2.24, 2.45) is 5.73 Å². The molecule has 0 spiro atoms. The summed E-state index contributed by atoms with van der Waals surface area (Å²) in [5.74, 6) is 0. The first-order chi connectivity index (χ1) is 5.20. The maximum Gasteiger partial charge on any atom is 0.404 e. The molecule has 0 aromatic carbocycles. The molecule has 0 aromatic rings. The van der Waals surface area contributed by atoms with Gasteiger partial charge in [-0.05, 0) is 12.0 Å². The van der Waals surface area contributed by atoms with E-state index in [1.165, 1.54) is 0 Å². The van der Waals surface area contributed by atoms with Crippen molar-refractivity contribution >= 4 is 22.0 Å². The molecule has 0 fully saturated rings. The molecular formula is C6H9BrFNO2. The number of nitrogens with two attached hydrogens (primary N) is 1. The van der Waals surface area contributed by atoms with Crippen molar-refractivity contribution in [3.05, 3.63) is 11.9 Å². The molecule has 0 heterocycles. The zero-order chi connectivity index (χ0) is 8.69. The van der Waals surface area contributed by atoms with Gasteiger partial charge in [-0.15, -0.1) is 0 Å². The largest absolute Gasteiger partial charge is 0.445 e. The zero-order valence-electron chi connectivity index (χ0n) is 5.85. The molecule has 0 radical (unpaired) electrons. The standard InChI is InChI=1S/C6H9BrFNO2/c7-2-1-5(3-8)4-11-6(9)10/h3H,1-2,4H2,(H2,9,10). The molecule has 0 unspecified atom stereocenters. The lowest BCUT2D eigenvalue weighted by atomic mass is 10.2. The zero-order valence-corrected chi connectivity index (χ0v) is 7.43. The predicted molar refractivity (Wildman–Crippen MR) is 43.1 cm³/mol. The molecule has 0 aliphatic rings. The van der Waals surface area contributed by atoms with E-state index in [4.69, 9.17) is 0 Å².